The van der Waals surface area contributed by atoms with E-state index in [1.165, 1.54) is 24.4 Å². The normalized spacial score (nSPS) is 12.5. The van der Waals surface area contributed by atoms with Crippen molar-refractivity contribution in [1.29, 1.82) is 5.26 Å². The fourth-order valence-corrected chi connectivity index (χ4v) is 3.56. The smallest absolute Gasteiger partial charge is 0.274 e. The van der Waals surface area contributed by atoms with Gasteiger partial charge in [-0.25, -0.2) is 4.90 Å². The maximum atomic E-state index is 12.9. The van der Waals surface area contributed by atoms with Crippen molar-refractivity contribution in [1.82, 2.24) is 4.98 Å². The lowest BCUT2D eigenvalue weighted by Gasteiger charge is -2.17. The molecule has 4 rings (SSSR count). The average molecular weight is 417 g/mol. The Labute approximate surface area is 176 Å². The largest absolute Gasteiger partial charge is 0.318 e. The maximum absolute atomic E-state index is 12.9. The minimum atomic E-state index is -0.543. The van der Waals surface area contributed by atoms with Gasteiger partial charge in [0, 0.05) is 6.20 Å². The zero-order chi connectivity index (χ0) is 21.4. The summed E-state index contributed by atoms with van der Waals surface area (Å²) in [6, 6.07) is 14.5. The summed E-state index contributed by atoms with van der Waals surface area (Å²) >= 11 is 6.33. The van der Waals surface area contributed by atoms with Crippen LogP contribution < -0.4 is 10.2 Å². The number of amides is 3. The van der Waals surface area contributed by atoms with E-state index >= 15 is 0 Å². The second-order valence-electron chi connectivity index (χ2n) is 6.57. The topological polar surface area (TPSA) is 103 Å². The second-order valence-corrected chi connectivity index (χ2v) is 6.98. The molecule has 0 spiro atoms. The lowest BCUT2D eigenvalue weighted by atomic mass is 10.0. The van der Waals surface area contributed by atoms with Gasteiger partial charge in [0.15, 0.2) is 0 Å². The van der Waals surface area contributed by atoms with Gasteiger partial charge in [-0.05, 0) is 42.8 Å². The third kappa shape index (κ3) is 3.09. The van der Waals surface area contributed by atoms with Gasteiger partial charge in [-0.1, -0.05) is 29.8 Å². The van der Waals surface area contributed by atoms with Crippen LogP contribution in [0.2, 0.25) is 5.02 Å². The van der Waals surface area contributed by atoms with Crippen molar-refractivity contribution < 1.29 is 14.4 Å². The number of imide groups is 1. The molecule has 0 saturated carbocycles. The van der Waals surface area contributed by atoms with Crippen molar-refractivity contribution >= 4 is 40.7 Å². The maximum Gasteiger partial charge on any atom is 0.274 e. The third-order valence-corrected chi connectivity index (χ3v) is 5.01. The Balaban J connectivity index is 1.73. The minimum absolute atomic E-state index is 0.00931. The number of aromatic nitrogens is 1. The molecule has 7 nitrogen and oxygen atoms in total. The Morgan fingerprint density at radius 2 is 1.93 bits per heavy atom. The molecule has 0 unspecified atom stereocenters. The molecular weight excluding hydrogens is 404 g/mol. The van der Waals surface area contributed by atoms with Crippen LogP contribution in [-0.4, -0.2) is 22.7 Å². The van der Waals surface area contributed by atoms with Crippen LogP contribution in [0.1, 0.15) is 42.3 Å². The number of nitrogens with one attached hydrogen (secondary N) is 1. The van der Waals surface area contributed by atoms with Crippen LogP contribution in [0.5, 0.6) is 0 Å². The number of carbonyl (C=O) groups is 3. The Morgan fingerprint density at radius 3 is 2.60 bits per heavy atom. The van der Waals surface area contributed by atoms with Gasteiger partial charge in [-0.2, -0.15) is 5.26 Å². The van der Waals surface area contributed by atoms with Gasteiger partial charge in [0.05, 0.1) is 33.1 Å². The van der Waals surface area contributed by atoms with Crippen LogP contribution >= 0.6 is 11.6 Å². The molecule has 2 aromatic carbocycles. The highest BCUT2D eigenvalue weighted by atomic mass is 35.5. The van der Waals surface area contributed by atoms with Crippen LogP contribution in [0.15, 0.2) is 54.7 Å². The van der Waals surface area contributed by atoms with Gasteiger partial charge in [-0.15, -0.1) is 0 Å². The lowest BCUT2D eigenvalue weighted by molar-refractivity contribution is 0.0924. The number of nitriles is 1. The molecule has 0 fully saturated rings. The van der Waals surface area contributed by atoms with Gasteiger partial charge in [0.1, 0.15) is 11.8 Å². The average Bonchev–Trinajstić information content (AvgIpc) is 3.01. The molecule has 1 aliphatic rings. The van der Waals surface area contributed by atoms with E-state index in [1.807, 2.05) is 6.07 Å². The molecule has 146 valence electrons. The van der Waals surface area contributed by atoms with E-state index in [-0.39, 0.29) is 27.7 Å². The Hall–Kier alpha value is -4.02. The van der Waals surface area contributed by atoms with Crippen LogP contribution in [0.3, 0.4) is 0 Å². The van der Waals surface area contributed by atoms with E-state index in [1.54, 1.807) is 37.3 Å². The van der Waals surface area contributed by atoms with Gasteiger partial charge in [0.2, 0.25) is 0 Å². The number of benzene rings is 2. The van der Waals surface area contributed by atoms with Crippen LogP contribution in [0.25, 0.3) is 0 Å². The third-order valence-electron chi connectivity index (χ3n) is 4.71. The number of hydrogen-bond donors (Lipinski definition) is 1. The minimum Gasteiger partial charge on any atom is -0.318 e. The predicted octanol–water partition coefficient (Wildman–Crippen LogP) is 3.97. The molecule has 1 N–H and O–H groups in total. The number of carbonyl (C=O) groups excluding carboxylic acids is 3. The van der Waals surface area contributed by atoms with Gasteiger partial charge < -0.3 is 5.32 Å². The molecule has 2 heterocycles. The summed E-state index contributed by atoms with van der Waals surface area (Å²) in [6.07, 6.45) is 1.47. The number of anilines is 2. The Morgan fingerprint density at radius 1 is 1.13 bits per heavy atom. The predicted molar refractivity (Wildman–Crippen MR) is 111 cm³/mol. The number of hydrogen-bond acceptors (Lipinski definition) is 5. The fourth-order valence-electron chi connectivity index (χ4n) is 3.30. The molecule has 1 aromatic heterocycles. The summed E-state index contributed by atoms with van der Waals surface area (Å²) in [6.45, 7) is 1.75. The first-order chi connectivity index (χ1) is 14.4. The molecule has 0 radical (unpaired) electrons. The summed E-state index contributed by atoms with van der Waals surface area (Å²) in [5.41, 5.74) is 1.68. The van der Waals surface area contributed by atoms with Crippen LogP contribution in [0.4, 0.5) is 11.4 Å². The van der Waals surface area contributed by atoms with Crippen molar-refractivity contribution in [2.45, 2.75) is 6.92 Å². The standard InChI is InChI=1S/C22H13ClN4O3/c1-12-5-4-6-15-18(12)22(30)27(21(15)29)14-9-13(11-24)19(16(23)10-14)26-20(28)17-7-2-3-8-25-17/h2-10H,1H3,(H,26,28). The van der Waals surface area contributed by atoms with E-state index in [0.29, 0.717) is 16.7 Å². The Bertz CT molecular complexity index is 1270. The zero-order valence-electron chi connectivity index (χ0n) is 15.6. The highest BCUT2D eigenvalue weighted by Gasteiger charge is 2.38. The van der Waals surface area contributed by atoms with Gasteiger partial charge in [-0.3, -0.25) is 19.4 Å². The molecule has 0 bridgehead atoms. The molecule has 30 heavy (non-hydrogen) atoms. The second kappa shape index (κ2) is 7.43. The van der Waals surface area contributed by atoms with E-state index in [9.17, 15) is 19.6 Å². The zero-order valence-corrected chi connectivity index (χ0v) is 16.4. The summed E-state index contributed by atoms with van der Waals surface area (Å²) in [5, 5.41) is 12.2. The molecule has 0 aliphatic carbocycles. The van der Waals surface area contributed by atoms with Gasteiger partial charge in [0.25, 0.3) is 17.7 Å². The molecular formula is C22H13ClN4O3. The van der Waals surface area contributed by atoms with Crippen molar-refractivity contribution in [2.75, 3.05) is 10.2 Å². The van der Waals surface area contributed by atoms with E-state index in [0.717, 1.165) is 4.90 Å². The van der Waals surface area contributed by atoms with E-state index < -0.39 is 17.7 Å². The Kier molecular flexibility index (Phi) is 4.78. The first kappa shape index (κ1) is 19.3. The van der Waals surface area contributed by atoms with E-state index in [2.05, 4.69) is 10.3 Å². The molecule has 0 saturated heterocycles. The summed E-state index contributed by atoms with van der Waals surface area (Å²) in [5.74, 6) is -1.53. The summed E-state index contributed by atoms with van der Waals surface area (Å²) in [7, 11) is 0. The van der Waals surface area contributed by atoms with Crippen molar-refractivity contribution in [3.63, 3.8) is 0 Å². The number of nitrogens with zero attached hydrogens (tertiary/aromatic N) is 3. The van der Waals surface area contributed by atoms with Crippen LogP contribution in [0, 0.1) is 18.3 Å². The molecule has 1 aliphatic heterocycles. The number of pyridine rings is 1. The van der Waals surface area contributed by atoms with Crippen molar-refractivity contribution in [3.8, 4) is 6.07 Å². The molecule has 3 amide bonds. The van der Waals surface area contributed by atoms with Crippen LogP contribution in [-0.2, 0) is 0 Å². The van der Waals surface area contributed by atoms with E-state index in [4.69, 9.17) is 11.6 Å². The van der Waals surface area contributed by atoms with Crippen molar-refractivity contribution in [3.05, 3.63) is 87.7 Å². The molecule has 8 heteroatoms. The van der Waals surface area contributed by atoms with Crippen molar-refractivity contribution in [2.24, 2.45) is 0 Å². The lowest BCUT2D eigenvalue weighted by Crippen LogP contribution is -2.29. The first-order valence-electron chi connectivity index (χ1n) is 8.86. The SMILES string of the molecule is Cc1cccc2c1C(=O)N(c1cc(Cl)c(NC(=O)c3ccccn3)c(C#N)c1)C2=O. The summed E-state index contributed by atoms with van der Waals surface area (Å²) < 4.78 is 0. The highest BCUT2D eigenvalue weighted by Crippen LogP contribution is 2.36. The number of halogens is 1. The molecule has 3 aromatic rings. The quantitative estimate of drug-likeness (QED) is 0.650. The summed E-state index contributed by atoms with van der Waals surface area (Å²) in [4.78, 5) is 43.1. The highest BCUT2D eigenvalue weighted by molar-refractivity contribution is 6.37. The fraction of sp³-hybridized carbons (Fsp3) is 0.0455. The number of aryl methyl sites for hydroxylation is 1. The number of rotatable bonds is 3. The molecule has 0 atom stereocenters. The number of fused-ring (bicyclic) bond motifs is 1. The first-order valence-corrected chi connectivity index (χ1v) is 9.24. The van der Waals surface area contributed by atoms with Gasteiger partial charge >= 0.3 is 0 Å². The monoisotopic (exact) mass is 416 g/mol.